The number of hydrazine groups is 1. The van der Waals surface area contributed by atoms with Crippen molar-refractivity contribution in [3.05, 3.63) is 65.2 Å². The van der Waals surface area contributed by atoms with E-state index in [1.807, 2.05) is 25.1 Å². The molecule has 0 saturated carbocycles. The van der Waals surface area contributed by atoms with Gasteiger partial charge in [0.1, 0.15) is 5.75 Å². The Morgan fingerprint density at radius 2 is 1.80 bits per heavy atom. The van der Waals surface area contributed by atoms with Crippen LogP contribution in [0.5, 0.6) is 5.75 Å². The Balaban J connectivity index is 2.28. The van der Waals surface area contributed by atoms with Crippen LogP contribution >= 0.6 is 0 Å². The van der Waals surface area contributed by atoms with E-state index in [2.05, 4.69) is 42.7 Å². The Morgan fingerprint density at radius 3 is 2.40 bits per heavy atom. The van der Waals surface area contributed by atoms with Gasteiger partial charge in [-0.3, -0.25) is 5.84 Å². The van der Waals surface area contributed by atoms with Crippen LogP contribution in [0.2, 0.25) is 0 Å². The zero-order chi connectivity index (χ0) is 14.4. The van der Waals surface area contributed by atoms with E-state index in [4.69, 9.17) is 10.6 Å². The molecule has 2 aromatic rings. The summed E-state index contributed by atoms with van der Waals surface area (Å²) >= 11 is 0. The van der Waals surface area contributed by atoms with E-state index < -0.39 is 0 Å². The number of ether oxygens (including phenoxy) is 1. The maximum Gasteiger partial charge on any atom is 0.119 e. The van der Waals surface area contributed by atoms with Crippen molar-refractivity contribution in [3.8, 4) is 5.75 Å². The molecule has 106 valence electrons. The van der Waals surface area contributed by atoms with Crippen molar-refractivity contribution in [3.63, 3.8) is 0 Å². The molecule has 0 aromatic heterocycles. The molecule has 20 heavy (non-hydrogen) atoms. The highest BCUT2D eigenvalue weighted by Gasteiger charge is 2.12. The number of benzene rings is 2. The molecule has 0 aliphatic heterocycles. The molecule has 3 N–H and O–H groups in total. The first-order valence-corrected chi connectivity index (χ1v) is 7.06. The molecule has 0 fully saturated rings. The Morgan fingerprint density at radius 1 is 1.05 bits per heavy atom. The molecule has 3 heteroatoms. The van der Waals surface area contributed by atoms with Gasteiger partial charge in [-0.05, 0) is 42.2 Å². The minimum atomic E-state index is -0.0266. The van der Waals surface area contributed by atoms with E-state index in [1.54, 1.807) is 0 Å². The van der Waals surface area contributed by atoms with Gasteiger partial charge in [0.05, 0.1) is 12.6 Å². The molecule has 0 amide bonds. The predicted molar refractivity (Wildman–Crippen MR) is 82.6 cm³/mol. The van der Waals surface area contributed by atoms with Gasteiger partial charge < -0.3 is 4.74 Å². The van der Waals surface area contributed by atoms with Gasteiger partial charge >= 0.3 is 0 Å². The van der Waals surface area contributed by atoms with Crippen molar-refractivity contribution in [2.75, 3.05) is 6.61 Å². The lowest BCUT2D eigenvalue weighted by Crippen LogP contribution is -2.28. The average Bonchev–Trinajstić information content (AvgIpc) is 2.49. The van der Waals surface area contributed by atoms with Gasteiger partial charge in [0.15, 0.2) is 0 Å². The zero-order valence-corrected chi connectivity index (χ0v) is 12.1. The van der Waals surface area contributed by atoms with Gasteiger partial charge in [0, 0.05) is 0 Å². The highest BCUT2D eigenvalue weighted by Crippen LogP contribution is 2.25. The van der Waals surface area contributed by atoms with E-state index in [0.29, 0.717) is 6.61 Å². The normalized spacial score (nSPS) is 12.2. The Labute approximate surface area is 120 Å². The topological polar surface area (TPSA) is 47.3 Å². The van der Waals surface area contributed by atoms with Crippen molar-refractivity contribution in [2.24, 2.45) is 5.84 Å². The molecule has 0 spiro atoms. The lowest BCUT2D eigenvalue weighted by atomic mass is 9.97. The summed E-state index contributed by atoms with van der Waals surface area (Å²) in [6, 6.07) is 16.5. The first-order chi connectivity index (χ1) is 9.78. The van der Waals surface area contributed by atoms with Crippen LogP contribution in [0, 0.1) is 0 Å². The quantitative estimate of drug-likeness (QED) is 0.626. The average molecular weight is 270 g/mol. The van der Waals surface area contributed by atoms with E-state index in [1.165, 1.54) is 5.56 Å². The van der Waals surface area contributed by atoms with Crippen LogP contribution in [0.15, 0.2) is 48.5 Å². The number of hydrogen-bond donors (Lipinski definition) is 2. The lowest BCUT2D eigenvalue weighted by Gasteiger charge is -2.18. The molecule has 1 unspecified atom stereocenters. The highest BCUT2D eigenvalue weighted by atomic mass is 16.5. The summed E-state index contributed by atoms with van der Waals surface area (Å²) in [5.74, 6) is 6.61. The smallest absolute Gasteiger partial charge is 0.119 e. The summed E-state index contributed by atoms with van der Waals surface area (Å²) in [4.78, 5) is 0. The van der Waals surface area contributed by atoms with Crippen LogP contribution in [-0.2, 0) is 6.42 Å². The largest absolute Gasteiger partial charge is 0.494 e. The molecule has 0 radical (unpaired) electrons. The van der Waals surface area contributed by atoms with Crippen LogP contribution in [0.25, 0.3) is 0 Å². The summed E-state index contributed by atoms with van der Waals surface area (Å²) in [6.45, 7) is 4.80. The molecule has 3 nitrogen and oxygen atoms in total. The fourth-order valence-electron chi connectivity index (χ4n) is 2.28. The Bertz CT molecular complexity index is 537. The fourth-order valence-corrected chi connectivity index (χ4v) is 2.28. The van der Waals surface area contributed by atoms with Gasteiger partial charge in [-0.1, -0.05) is 43.3 Å². The SMILES string of the molecule is CCOc1cccc(C(NN)c2ccc(CC)cc2)c1. The maximum atomic E-state index is 5.74. The van der Waals surface area contributed by atoms with Gasteiger partial charge in [-0.2, -0.15) is 0 Å². The zero-order valence-electron chi connectivity index (χ0n) is 12.1. The van der Waals surface area contributed by atoms with Gasteiger partial charge in [-0.15, -0.1) is 0 Å². The number of aryl methyl sites for hydroxylation is 1. The third-order valence-electron chi connectivity index (χ3n) is 3.39. The van der Waals surface area contributed by atoms with Gasteiger partial charge in [0.25, 0.3) is 0 Å². The van der Waals surface area contributed by atoms with Gasteiger partial charge in [-0.25, -0.2) is 5.43 Å². The summed E-state index contributed by atoms with van der Waals surface area (Å²) in [7, 11) is 0. The minimum absolute atomic E-state index is 0.0266. The van der Waals surface area contributed by atoms with Crippen LogP contribution < -0.4 is 16.0 Å². The minimum Gasteiger partial charge on any atom is -0.494 e. The highest BCUT2D eigenvalue weighted by molar-refractivity contribution is 5.37. The molecule has 0 saturated heterocycles. The first kappa shape index (κ1) is 14.6. The predicted octanol–water partition coefficient (Wildman–Crippen LogP) is 3.20. The molecule has 0 aliphatic rings. The van der Waals surface area contributed by atoms with Crippen molar-refractivity contribution in [1.82, 2.24) is 5.43 Å². The summed E-state index contributed by atoms with van der Waals surface area (Å²) < 4.78 is 5.54. The Kier molecular flexibility index (Phi) is 5.16. The molecule has 1 atom stereocenters. The van der Waals surface area contributed by atoms with Crippen molar-refractivity contribution in [2.45, 2.75) is 26.3 Å². The molecule has 0 heterocycles. The monoisotopic (exact) mass is 270 g/mol. The van der Waals surface area contributed by atoms with E-state index >= 15 is 0 Å². The summed E-state index contributed by atoms with van der Waals surface area (Å²) in [5.41, 5.74) is 6.46. The lowest BCUT2D eigenvalue weighted by molar-refractivity contribution is 0.339. The molecular weight excluding hydrogens is 248 g/mol. The summed E-state index contributed by atoms with van der Waals surface area (Å²) in [6.07, 6.45) is 1.04. The second-order valence-corrected chi connectivity index (χ2v) is 4.70. The van der Waals surface area contributed by atoms with Crippen LogP contribution in [0.1, 0.15) is 36.6 Å². The first-order valence-electron chi connectivity index (χ1n) is 7.06. The molecule has 2 aromatic carbocycles. The van der Waals surface area contributed by atoms with Gasteiger partial charge in [0.2, 0.25) is 0 Å². The van der Waals surface area contributed by atoms with Crippen LogP contribution in [0.4, 0.5) is 0 Å². The number of nitrogens with one attached hydrogen (secondary N) is 1. The van der Waals surface area contributed by atoms with E-state index in [-0.39, 0.29) is 6.04 Å². The second kappa shape index (κ2) is 7.08. The Hall–Kier alpha value is -1.84. The number of rotatable bonds is 6. The maximum absolute atomic E-state index is 5.74. The number of nitrogens with two attached hydrogens (primary N) is 1. The third-order valence-corrected chi connectivity index (χ3v) is 3.39. The molecular formula is C17H22N2O. The molecule has 0 aliphatic carbocycles. The third kappa shape index (κ3) is 3.38. The van der Waals surface area contributed by atoms with E-state index in [9.17, 15) is 0 Å². The van der Waals surface area contributed by atoms with Crippen molar-refractivity contribution < 1.29 is 4.74 Å². The van der Waals surface area contributed by atoms with Crippen LogP contribution in [-0.4, -0.2) is 6.61 Å². The van der Waals surface area contributed by atoms with Crippen LogP contribution in [0.3, 0.4) is 0 Å². The van der Waals surface area contributed by atoms with E-state index in [0.717, 1.165) is 23.3 Å². The van der Waals surface area contributed by atoms with Crippen molar-refractivity contribution >= 4 is 0 Å². The molecule has 0 bridgehead atoms. The standard InChI is InChI=1S/C17H22N2O/c1-3-13-8-10-14(11-9-13)17(19-18)15-6-5-7-16(12-15)20-4-2/h5-12,17,19H,3-4,18H2,1-2H3. The second-order valence-electron chi connectivity index (χ2n) is 4.70. The molecule has 2 rings (SSSR count). The number of hydrogen-bond acceptors (Lipinski definition) is 3. The summed E-state index contributed by atoms with van der Waals surface area (Å²) in [5, 5.41) is 0. The fraction of sp³-hybridized carbons (Fsp3) is 0.294. The van der Waals surface area contributed by atoms with Crippen molar-refractivity contribution in [1.29, 1.82) is 0 Å².